The van der Waals surface area contributed by atoms with Gasteiger partial charge in [0.05, 0.1) is 24.2 Å². The zero-order valence-electron chi connectivity index (χ0n) is 44.2. The summed E-state index contributed by atoms with van der Waals surface area (Å²) in [6.45, 7) is 15.2. The third kappa shape index (κ3) is 9.75. The largest absolute Gasteiger partial charge is 0.508 e. The third-order valence-corrected chi connectivity index (χ3v) is 18.7. The van der Waals surface area contributed by atoms with Crippen molar-refractivity contribution in [2.24, 2.45) is 11.3 Å². The van der Waals surface area contributed by atoms with E-state index < -0.39 is 11.9 Å². The minimum atomic E-state index is -0.665. The van der Waals surface area contributed by atoms with Crippen molar-refractivity contribution in [1.29, 1.82) is 0 Å². The number of benzene rings is 3. The van der Waals surface area contributed by atoms with Gasteiger partial charge < -0.3 is 39.1 Å². The van der Waals surface area contributed by atoms with Crippen LogP contribution in [0.25, 0.3) is 32.9 Å². The van der Waals surface area contributed by atoms with Gasteiger partial charge in [0.25, 0.3) is 5.91 Å². The number of nitrogens with one attached hydrogen (secondary N) is 1. The Morgan fingerprint density at radius 2 is 1.64 bits per heavy atom. The number of aryl methyl sites for hydroxylation is 1. The van der Waals surface area contributed by atoms with Gasteiger partial charge in [-0.1, -0.05) is 13.0 Å². The number of piperazine rings is 1. The van der Waals surface area contributed by atoms with Crippen LogP contribution in [0.1, 0.15) is 99.0 Å². The van der Waals surface area contributed by atoms with Crippen LogP contribution in [0, 0.1) is 23.0 Å². The zero-order chi connectivity index (χ0) is 52.6. The number of anilines is 2. The van der Waals surface area contributed by atoms with Crippen molar-refractivity contribution in [3.8, 4) is 23.0 Å². The topological polar surface area (TPSA) is 160 Å². The molecule has 77 heavy (non-hydrogen) atoms. The molecular formula is C59H70F2N10O6. The molecule has 1 saturated carbocycles. The van der Waals surface area contributed by atoms with Gasteiger partial charge in [-0.2, -0.15) is 9.97 Å². The predicted molar refractivity (Wildman–Crippen MR) is 288 cm³/mol. The van der Waals surface area contributed by atoms with Crippen LogP contribution in [0.4, 0.5) is 20.3 Å². The lowest BCUT2D eigenvalue weighted by atomic mass is 9.86. The summed E-state index contributed by atoms with van der Waals surface area (Å²) < 4.78 is 45.2. The lowest BCUT2D eigenvalue weighted by Crippen LogP contribution is -2.56. The highest BCUT2D eigenvalue weighted by Gasteiger charge is 2.47. The number of amides is 3. The molecule has 0 radical (unpaired) electrons. The molecule has 6 saturated heterocycles. The summed E-state index contributed by atoms with van der Waals surface area (Å²) >= 11 is 0. The number of nitrogens with zero attached hydrogens (tertiary/aromatic N) is 9. The Balaban J connectivity index is 0.607. The van der Waals surface area contributed by atoms with Gasteiger partial charge in [0.15, 0.2) is 5.82 Å². The number of phenolic OH excluding ortho intramolecular Hbond substituents is 1. The predicted octanol–water partition coefficient (Wildman–Crippen LogP) is 7.07. The van der Waals surface area contributed by atoms with Crippen LogP contribution in [-0.4, -0.2) is 167 Å². The molecule has 8 aliphatic rings. The van der Waals surface area contributed by atoms with E-state index in [1.165, 1.54) is 37.8 Å². The Bertz CT molecular complexity index is 3130. The van der Waals surface area contributed by atoms with E-state index in [4.69, 9.17) is 19.4 Å². The van der Waals surface area contributed by atoms with Crippen molar-refractivity contribution < 1.29 is 37.7 Å². The van der Waals surface area contributed by atoms with Crippen molar-refractivity contribution in [1.82, 2.24) is 39.9 Å². The van der Waals surface area contributed by atoms with Gasteiger partial charge in [0.1, 0.15) is 34.6 Å². The van der Waals surface area contributed by atoms with Crippen LogP contribution in [0.15, 0.2) is 48.7 Å². The van der Waals surface area contributed by atoms with Crippen molar-refractivity contribution in [3.05, 3.63) is 77.0 Å². The van der Waals surface area contributed by atoms with Gasteiger partial charge in [-0.3, -0.25) is 29.6 Å². The number of carbonyl (C=O) groups is 3. The standard InChI is InChI=1S/C59H70F2N10O6/c1-2-43-47(60)7-4-38-29-42(72)30-45(50(38)43)52-51(61)53-46(31-62-52)54(70-18-3-14-59(35-70)17-27-77-59)65-57(64-53)76-36-58(15-16-58)34-67-19-10-37(11-20-67)32-66-21-12-40(13-22-66)68-23-25-69(26-24-68)41-5-6-44-39(28-41)33-71(56(44)75)48-8-9-49(73)63-55(48)74/h4-7,28-31,37,40,48,72H,2-3,8-27,32-36H2,1H3,(H,63,73,74)/t48-,59?/m0/s1. The molecule has 3 amide bonds. The number of likely N-dealkylation sites (tertiary alicyclic amines) is 2. The number of carbonyl (C=O) groups excluding carboxylic acids is 3. The maximum absolute atomic E-state index is 17.3. The van der Waals surface area contributed by atoms with Crippen LogP contribution < -0.4 is 19.9 Å². The Morgan fingerprint density at radius 3 is 2.38 bits per heavy atom. The smallest absolute Gasteiger partial charge is 0.319 e. The van der Waals surface area contributed by atoms with Crippen molar-refractivity contribution in [2.75, 3.05) is 102 Å². The number of pyridine rings is 1. The average Bonchev–Trinajstić information content (AvgIpc) is 4.14. The van der Waals surface area contributed by atoms with Gasteiger partial charge in [-0.15, -0.1) is 0 Å². The fourth-order valence-electron chi connectivity index (χ4n) is 14.0. The third-order valence-electron chi connectivity index (χ3n) is 18.7. The number of imide groups is 1. The molecule has 7 aliphatic heterocycles. The second kappa shape index (κ2) is 20.3. The summed E-state index contributed by atoms with van der Waals surface area (Å²) in [6, 6.07) is 12.2. The molecule has 3 aromatic carbocycles. The summed E-state index contributed by atoms with van der Waals surface area (Å²) in [4.78, 5) is 66.2. The molecule has 13 rings (SSSR count). The molecule has 1 aliphatic carbocycles. The first-order valence-electron chi connectivity index (χ1n) is 28.4. The molecule has 5 aromatic rings. The highest BCUT2D eigenvalue weighted by molar-refractivity contribution is 6.06. The fraction of sp³-hybridized carbons (Fsp3) is 0.559. The number of aromatic nitrogens is 3. The summed E-state index contributed by atoms with van der Waals surface area (Å²) in [7, 11) is 0. The van der Waals surface area contributed by atoms with Crippen LogP contribution in [-0.2, 0) is 27.3 Å². The second-order valence-corrected chi connectivity index (χ2v) is 23.6. The second-order valence-electron chi connectivity index (χ2n) is 23.6. The van der Waals surface area contributed by atoms with Gasteiger partial charge >= 0.3 is 6.01 Å². The number of rotatable bonds is 13. The Kier molecular flexibility index (Phi) is 13.3. The first-order valence-corrected chi connectivity index (χ1v) is 28.4. The maximum atomic E-state index is 17.3. The van der Waals surface area contributed by atoms with Gasteiger partial charge in [-0.05, 0) is 155 Å². The Morgan fingerprint density at radius 1 is 0.844 bits per heavy atom. The highest BCUT2D eigenvalue weighted by Crippen LogP contribution is 2.48. The van der Waals surface area contributed by atoms with Crippen LogP contribution in [0.5, 0.6) is 11.8 Å². The molecule has 0 bridgehead atoms. The maximum Gasteiger partial charge on any atom is 0.319 e. The van der Waals surface area contributed by atoms with Gasteiger partial charge in [-0.25, -0.2) is 8.78 Å². The molecule has 7 fully saturated rings. The lowest BCUT2D eigenvalue weighted by molar-refractivity contribution is -0.151. The molecule has 16 nitrogen and oxygen atoms in total. The highest BCUT2D eigenvalue weighted by atomic mass is 19.1. The SMILES string of the molecule is CCc1c(F)ccc2cc(O)cc(-c3ncc4c(N5CCCC6(CCO6)C5)nc(OCC5(CN6CCC(CN7CCC(N8CCN(c9ccc%10c(c9)CN([C@H]9CCC(=O)NC9=O)C%10=O)CC8)CC7)CC6)CC5)nc4c3F)c12. The van der Waals surface area contributed by atoms with E-state index in [0.717, 1.165) is 122 Å². The number of phenols is 1. The van der Waals surface area contributed by atoms with Crippen LogP contribution in [0.2, 0.25) is 0 Å². The average molecular weight is 1050 g/mol. The van der Waals surface area contributed by atoms with E-state index in [2.05, 4.69) is 40.9 Å². The van der Waals surface area contributed by atoms with E-state index in [9.17, 15) is 19.5 Å². The van der Waals surface area contributed by atoms with Crippen molar-refractivity contribution in [3.63, 3.8) is 0 Å². The van der Waals surface area contributed by atoms with Gasteiger partial charge in [0.2, 0.25) is 11.8 Å². The Hall–Kier alpha value is -6.08. The molecular weight excluding hydrogens is 983 g/mol. The molecule has 2 aromatic heterocycles. The van der Waals surface area contributed by atoms with E-state index >= 15 is 8.78 Å². The van der Waals surface area contributed by atoms with Crippen molar-refractivity contribution >= 4 is 50.9 Å². The fourth-order valence-corrected chi connectivity index (χ4v) is 14.0. The molecule has 1 spiro atoms. The monoisotopic (exact) mass is 1050 g/mol. The number of fused-ring (bicyclic) bond motifs is 3. The van der Waals surface area contributed by atoms with Gasteiger partial charge in [0, 0.05) is 106 Å². The number of piperidine rings is 4. The van der Waals surface area contributed by atoms with Crippen molar-refractivity contribution in [2.45, 2.75) is 108 Å². The number of halogens is 2. The summed E-state index contributed by atoms with van der Waals surface area (Å²) in [6.07, 6.45) is 12.3. The van der Waals surface area contributed by atoms with E-state index in [0.29, 0.717) is 83.2 Å². The summed E-state index contributed by atoms with van der Waals surface area (Å²) in [5, 5.41) is 14.8. The zero-order valence-corrected chi connectivity index (χ0v) is 44.2. The first kappa shape index (κ1) is 50.4. The van der Waals surface area contributed by atoms with Crippen LogP contribution >= 0.6 is 0 Å². The van der Waals surface area contributed by atoms with E-state index in [-0.39, 0.29) is 63.9 Å². The summed E-state index contributed by atoms with van der Waals surface area (Å²) in [5.74, 6) is -0.651. The van der Waals surface area contributed by atoms with E-state index in [1.807, 2.05) is 19.1 Å². The van der Waals surface area contributed by atoms with Crippen LogP contribution in [0.3, 0.4) is 0 Å². The van der Waals surface area contributed by atoms with E-state index in [1.54, 1.807) is 23.2 Å². The minimum absolute atomic E-state index is 0.0110. The molecule has 2 N–H and O–H groups in total. The number of aromatic hydroxyl groups is 1. The molecule has 406 valence electrons. The molecule has 1 unspecified atom stereocenters. The Labute approximate surface area is 448 Å². The molecule has 2 atom stereocenters. The summed E-state index contributed by atoms with van der Waals surface area (Å²) in [5.41, 5.74) is 3.29. The normalized spacial score (nSPS) is 24.7. The lowest BCUT2D eigenvalue weighted by Gasteiger charge is -2.48. The number of hydrogen-bond donors (Lipinski definition) is 2. The molecule has 9 heterocycles. The first-order chi connectivity index (χ1) is 37.4. The number of ether oxygens (including phenoxy) is 2. The molecule has 18 heteroatoms. The number of hydrogen-bond acceptors (Lipinski definition) is 14. The quantitative estimate of drug-likeness (QED) is 0.115. The minimum Gasteiger partial charge on any atom is -0.508 e.